The number of amidine groups is 1. The van der Waals surface area contributed by atoms with Crippen LogP contribution in [0.2, 0.25) is 0 Å². The molecule has 1 aromatic rings. The summed E-state index contributed by atoms with van der Waals surface area (Å²) < 4.78 is 10.4. The van der Waals surface area contributed by atoms with Crippen molar-refractivity contribution in [1.82, 2.24) is 0 Å². The van der Waals surface area contributed by atoms with Crippen molar-refractivity contribution in [2.45, 2.75) is 0 Å². The first-order chi connectivity index (χ1) is 9.78. The summed E-state index contributed by atoms with van der Waals surface area (Å²) in [7, 11) is 3.22. The number of aliphatic imine (C=N–C) groups is 2. The number of hydrogen-bond donors (Lipinski definition) is 2. The van der Waals surface area contributed by atoms with Crippen molar-refractivity contribution in [3.63, 3.8) is 0 Å². The van der Waals surface area contributed by atoms with Gasteiger partial charge in [-0.2, -0.15) is 4.99 Å². The number of hydrogen-bond acceptors (Lipinski definition) is 6. The number of halogens is 1. The van der Waals surface area contributed by atoms with Gasteiger partial charge < -0.3 is 27.2 Å². The van der Waals surface area contributed by atoms with Crippen molar-refractivity contribution in [1.29, 1.82) is 0 Å². The van der Waals surface area contributed by atoms with E-state index in [1.165, 1.54) is 0 Å². The molecule has 1 atom stereocenters. The number of quaternary nitrogens is 1. The maximum absolute atomic E-state index is 5.22. The first kappa shape index (κ1) is 15.0. The number of nitrogens with one attached hydrogen (secondary N) is 2. The zero-order valence-electron chi connectivity index (χ0n) is 11.5. The van der Waals surface area contributed by atoms with Crippen molar-refractivity contribution in [2.24, 2.45) is 15.1 Å². The van der Waals surface area contributed by atoms with Gasteiger partial charge in [0.25, 0.3) is 11.8 Å². The molecule has 0 saturated heterocycles. The van der Waals surface area contributed by atoms with E-state index in [0.717, 1.165) is 16.5 Å². The summed E-state index contributed by atoms with van der Waals surface area (Å²) in [6.07, 6.45) is 5.19. The number of anilines is 1. The van der Waals surface area contributed by atoms with Crippen molar-refractivity contribution < 1.29 is 26.9 Å². The zero-order chi connectivity index (χ0) is 13.9. The lowest BCUT2D eigenvalue weighted by Crippen LogP contribution is -3.05. The largest absolute Gasteiger partial charge is 1.00 e. The highest BCUT2D eigenvalue weighted by Gasteiger charge is 2.24. The van der Waals surface area contributed by atoms with Crippen LogP contribution in [-0.2, 0) is 0 Å². The third-order valence-corrected chi connectivity index (χ3v) is 2.84. The normalized spacial score (nSPS) is 18.3. The number of rotatable bonds is 3. The maximum Gasteiger partial charge on any atom is 0.286 e. The SMILES string of the molecule is COc1cc(NC2=N[NH+]3C=CN=CC3=N2)cc(OC)c1.[Cl-]. The summed E-state index contributed by atoms with van der Waals surface area (Å²) in [5.41, 5.74) is 0.796. The quantitative estimate of drug-likeness (QED) is 0.636. The molecule has 0 bridgehead atoms. The third-order valence-electron chi connectivity index (χ3n) is 2.84. The van der Waals surface area contributed by atoms with E-state index in [1.807, 2.05) is 18.3 Å². The molecule has 2 aliphatic rings. The van der Waals surface area contributed by atoms with Crippen molar-refractivity contribution in [3.8, 4) is 11.5 Å². The number of nitrogens with zero attached hydrogens (tertiary/aromatic N) is 3. The van der Waals surface area contributed by atoms with Crippen LogP contribution in [0.15, 0.2) is 45.7 Å². The molecular weight excluding hydrogens is 294 g/mol. The lowest BCUT2D eigenvalue weighted by molar-refractivity contribution is -0.748. The van der Waals surface area contributed by atoms with Gasteiger partial charge in [0.05, 0.1) is 20.4 Å². The second kappa shape index (κ2) is 6.38. The summed E-state index contributed by atoms with van der Waals surface area (Å²) >= 11 is 0. The van der Waals surface area contributed by atoms with E-state index in [0.29, 0.717) is 17.5 Å². The zero-order valence-corrected chi connectivity index (χ0v) is 12.3. The number of guanidine groups is 1. The van der Waals surface area contributed by atoms with E-state index in [4.69, 9.17) is 9.47 Å². The lowest BCUT2D eigenvalue weighted by atomic mass is 10.3. The highest BCUT2D eigenvalue weighted by atomic mass is 35.5. The molecule has 0 radical (unpaired) electrons. The molecule has 0 aromatic heterocycles. The molecule has 110 valence electrons. The first-order valence-corrected chi connectivity index (χ1v) is 6.03. The lowest BCUT2D eigenvalue weighted by Gasteiger charge is -2.08. The van der Waals surface area contributed by atoms with Gasteiger partial charge in [-0.1, -0.05) is 0 Å². The van der Waals surface area contributed by atoms with Crippen molar-refractivity contribution >= 4 is 23.7 Å². The molecule has 2 heterocycles. The van der Waals surface area contributed by atoms with Gasteiger partial charge in [-0.15, -0.1) is 5.01 Å². The monoisotopic (exact) mass is 307 g/mol. The molecule has 0 saturated carbocycles. The molecule has 8 heteroatoms. The van der Waals surface area contributed by atoms with Gasteiger partial charge in [-0.25, -0.2) is 0 Å². The molecule has 2 N–H and O–H groups in total. The average molecular weight is 308 g/mol. The third kappa shape index (κ3) is 3.21. The van der Waals surface area contributed by atoms with Gasteiger partial charge in [0.1, 0.15) is 23.9 Å². The van der Waals surface area contributed by atoms with Crippen LogP contribution < -0.4 is 32.2 Å². The van der Waals surface area contributed by atoms with Crippen LogP contribution in [0, 0.1) is 0 Å². The van der Waals surface area contributed by atoms with Gasteiger partial charge in [0.2, 0.25) is 0 Å². The maximum atomic E-state index is 5.22. The Hall–Kier alpha value is -2.38. The minimum atomic E-state index is 0. The standard InChI is InChI=1S/C13H13N5O2.ClH/c1-19-10-5-9(6-11(7-10)20-2)15-13-16-12-8-14-3-4-18(12)17-13;/h3-8H,1-2H3,(H,15,17);1H. The Labute approximate surface area is 128 Å². The molecule has 0 aliphatic carbocycles. The topological polar surface area (TPSA) is 72.0 Å². The molecule has 1 aromatic carbocycles. The predicted molar refractivity (Wildman–Crippen MR) is 76.6 cm³/mol. The van der Waals surface area contributed by atoms with E-state index >= 15 is 0 Å². The van der Waals surface area contributed by atoms with Crippen LogP contribution in [0.4, 0.5) is 5.69 Å². The molecular formula is C13H14ClN5O2. The van der Waals surface area contributed by atoms with Gasteiger partial charge in [-0.3, -0.25) is 4.99 Å². The molecule has 1 unspecified atom stereocenters. The van der Waals surface area contributed by atoms with Crippen LogP contribution >= 0.6 is 0 Å². The molecule has 0 amide bonds. The molecule has 0 fully saturated rings. The fraction of sp³-hybridized carbons (Fsp3) is 0.154. The number of fused-ring (bicyclic) bond motifs is 1. The Morgan fingerprint density at radius 1 is 1.10 bits per heavy atom. The Kier molecular flexibility index (Phi) is 4.56. The van der Waals surface area contributed by atoms with E-state index in [-0.39, 0.29) is 12.4 Å². The van der Waals surface area contributed by atoms with E-state index in [1.54, 1.807) is 32.7 Å². The number of benzene rings is 1. The van der Waals surface area contributed by atoms with Gasteiger partial charge in [0.15, 0.2) is 0 Å². The highest BCUT2D eigenvalue weighted by Crippen LogP contribution is 2.25. The van der Waals surface area contributed by atoms with E-state index < -0.39 is 0 Å². The van der Waals surface area contributed by atoms with Crippen LogP contribution in [0.25, 0.3) is 0 Å². The Morgan fingerprint density at radius 3 is 2.43 bits per heavy atom. The molecule has 2 aliphatic heterocycles. The van der Waals surface area contributed by atoms with Gasteiger partial charge in [-0.05, 0) is 5.10 Å². The Bertz CT molecular complexity index is 632. The van der Waals surface area contributed by atoms with Gasteiger partial charge in [0, 0.05) is 23.9 Å². The minimum absolute atomic E-state index is 0. The summed E-state index contributed by atoms with van der Waals surface area (Å²) in [6, 6.07) is 5.50. The molecule has 21 heavy (non-hydrogen) atoms. The van der Waals surface area contributed by atoms with Crippen LogP contribution in [-0.4, -0.2) is 32.2 Å². The summed E-state index contributed by atoms with van der Waals surface area (Å²) in [5, 5.41) is 8.31. The van der Waals surface area contributed by atoms with E-state index in [2.05, 4.69) is 20.4 Å². The fourth-order valence-corrected chi connectivity index (χ4v) is 1.88. The fourth-order valence-electron chi connectivity index (χ4n) is 1.88. The van der Waals surface area contributed by atoms with Crippen molar-refractivity contribution in [2.75, 3.05) is 19.5 Å². The van der Waals surface area contributed by atoms with Crippen LogP contribution in [0.3, 0.4) is 0 Å². The summed E-state index contributed by atoms with van der Waals surface area (Å²) in [4.78, 5) is 8.37. The molecule has 3 rings (SSSR count). The molecule has 7 nitrogen and oxygen atoms in total. The summed E-state index contributed by atoms with van der Waals surface area (Å²) in [5.74, 6) is 2.67. The van der Waals surface area contributed by atoms with Crippen LogP contribution in [0.5, 0.6) is 11.5 Å². The highest BCUT2D eigenvalue weighted by molar-refractivity contribution is 6.29. The van der Waals surface area contributed by atoms with E-state index in [9.17, 15) is 0 Å². The number of methoxy groups -OCH3 is 2. The van der Waals surface area contributed by atoms with Crippen molar-refractivity contribution in [3.05, 3.63) is 30.6 Å². The second-order valence-corrected chi connectivity index (χ2v) is 4.14. The minimum Gasteiger partial charge on any atom is -1.00 e. The Morgan fingerprint density at radius 2 is 1.81 bits per heavy atom. The number of ether oxygens (including phenoxy) is 2. The molecule has 0 spiro atoms. The Balaban J connectivity index is 0.00000161. The second-order valence-electron chi connectivity index (χ2n) is 4.14. The predicted octanol–water partition coefficient (Wildman–Crippen LogP) is -2.76. The smallest absolute Gasteiger partial charge is 0.286 e. The average Bonchev–Trinajstić information content (AvgIpc) is 2.88. The summed E-state index contributed by atoms with van der Waals surface area (Å²) in [6.45, 7) is 0. The van der Waals surface area contributed by atoms with Gasteiger partial charge >= 0.3 is 0 Å². The first-order valence-electron chi connectivity index (χ1n) is 6.03. The van der Waals surface area contributed by atoms with Crippen LogP contribution in [0.1, 0.15) is 0 Å².